The van der Waals surface area contributed by atoms with E-state index in [1.165, 1.54) is 11.3 Å². The molecule has 0 spiro atoms. The van der Waals surface area contributed by atoms with E-state index in [0.717, 1.165) is 15.4 Å². The SMILES string of the molecule is OCc1cc(Cl)c(Cc2ncc(-c3ccoc3)s2)cc1[C@@H]1O[C@H](CO)[C@@H](O)[C@H](O)[C@H]1O. The van der Waals surface area contributed by atoms with Crippen molar-refractivity contribution >= 4 is 22.9 Å². The molecule has 10 heteroatoms. The Balaban J connectivity index is 1.66. The van der Waals surface area contributed by atoms with Crippen LogP contribution >= 0.6 is 22.9 Å². The molecule has 3 aromatic rings. The lowest BCUT2D eigenvalue weighted by Crippen LogP contribution is -2.55. The predicted molar refractivity (Wildman–Crippen MR) is 113 cm³/mol. The number of benzene rings is 1. The number of halogens is 1. The highest BCUT2D eigenvalue weighted by atomic mass is 35.5. The van der Waals surface area contributed by atoms with Gasteiger partial charge in [0.15, 0.2) is 0 Å². The van der Waals surface area contributed by atoms with Crippen molar-refractivity contribution in [3.8, 4) is 10.4 Å². The van der Waals surface area contributed by atoms with Crippen molar-refractivity contribution in [1.82, 2.24) is 4.98 Å². The molecule has 5 N–H and O–H groups in total. The fraction of sp³-hybridized carbons (Fsp3) is 0.381. The molecular weight excluding hydrogens is 446 g/mol. The van der Waals surface area contributed by atoms with Gasteiger partial charge in [-0.05, 0) is 28.8 Å². The summed E-state index contributed by atoms with van der Waals surface area (Å²) in [7, 11) is 0. The molecule has 166 valence electrons. The van der Waals surface area contributed by atoms with Gasteiger partial charge in [0.25, 0.3) is 0 Å². The molecule has 0 unspecified atom stereocenters. The van der Waals surface area contributed by atoms with Gasteiger partial charge in [0.1, 0.15) is 30.5 Å². The first-order chi connectivity index (χ1) is 14.9. The molecule has 0 bridgehead atoms. The molecule has 2 aromatic heterocycles. The summed E-state index contributed by atoms with van der Waals surface area (Å²) in [5, 5.41) is 51.2. The Kier molecular flexibility index (Phi) is 6.75. The van der Waals surface area contributed by atoms with Gasteiger partial charge < -0.3 is 34.7 Å². The maximum atomic E-state index is 10.5. The summed E-state index contributed by atoms with van der Waals surface area (Å²) in [5.41, 5.74) is 2.45. The summed E-state index contributed by atoms with van der Waals surface area (Å²) in [6.45, 7) is -0.904. The summed E-state index contributed by atoms with van der Waals surface area (Å²) >= 11 is 7.92. The molecule has 3 heterocycles. The van der Waals surface area contributed by atoms with Gasteiger partial charge in [0.2, 0.25) is 0 Å². The number of hydrogen-bond acceptors (Lipinski definition) is 9. The van der Waals surface area contributed by atoms with Crippen molar-refractivity contribution in [2.45, 2.75) is 43.5 Å². The molecule has 0 amide bonds. The Bertz CT molecular complexity index is 1020. The van der Waals surface area contributed by atoms with Crippen LogP contribution in [0.2, 0.25) is 5.02 Å². The lowest BCUT2D eigenvalue weighted by molar-refractivity contribution is -0.232. The van der Waals surface area contributed by atoms with Crippen molar-refractivity contribution < 1.29 is 34.7 Å². The summed E-state index contributed by atoms with van der Waals surface area (Å²) in [6, 6.07) is 5.12. The van der Waals surface area contributed by atoms with Gasteiger partial charge in [-0.1, -0.05) is 17.7 Å². The van der Waals surface area contributed by atoms with Crippen molar-refractivity contribution in [3.05, 3.63) is 63.6 Å². The Hall–Kier alpha value is -1.82. The zero-order valence-electron chi connectivity index (χ0n) is 16.3. The van der Waals surface area contributed by atoms with Crippen LogP contribution in [-0.4, -0.2) is 61.5 Å². The lowest BCUT2D eigenvalue weighted by atomic mass is 9.88. The minimum Gasteiger partial charge on any atom is -0.472 e. The van der Waals surface area contributed by atoms with Crippen molar-refractivity contribution in [2.24, 2.45) is 0 Å². The van der Waals surface area contributed by atoms with Crippen LogP contribution in [0.25, 0.3) is 10.4 Å². The molecule has 5 atom stereocenters. The summed E-state index contributed by atoms with van der Waals surface area (Å²) in [4.78, 5) is 5.38. The number of aromatic nitrogens is 1. The van der Waals surface area contributed by atoms with E-state index in [1.807, 2.05) is 6.07 Å². The number of aliphatic hydroxyl groups excluding tert-OH is 5. The standard InChI is InChI=1S/C21H22ClNO7S/c22-14-4-12(7-24)13(21-20(28)19(27)18(26)15(8-25)30-21)3-11(14)5-17-23-6-16(31-17)10-1-2-29-9-10/h1-4,6,9,15,18-21,24-28H,5,7-8H2/t15-,18-,19+,20-,21+/m1/s1. The molecule has 0 radical (unpaired) electrons. The monoisotopic (exact) mass is 467 g/mol. The van der Waals surface area contributed by atoms with Crippen LogP contribution in [0.4, 0.5) is 0 Å². The van der Waals surface area contributed by atoms with Crippen molar-refractivity contribution in [1.29, 1.82) is 0 Å². The lowest BCUT2D eigenvalue weighted by Gasteiger charge is -2.40. The average Bonchev–Trinajstić information content (AvgIpc) is 3.46. The Morgan fingerprint density at radius 3 is 2.55 bits per heavy atom. The van der Waals surface area contributed by atoms with Crippen LogP contribution in [0, 0.1) is 0 Å². The number of furan rings is 1. The first-order valence-corrected chi connectivity index (χ1v) is 10.8. The molecule has 31 heavy (non-hydrogen) atoms. The fourth-order valence-electron chi connectivity index (χ4n) is 3.67. The van der Waals surface area contributed by atoms with E-state index in [2.05, 4.69) is 4.98 Å². The highest BCUT2D eigenvalue weighted by molar-refractivity contribution is 7.15. The van der Waals surface area contributed by atoms with Crippen LogP contribution in [0.15, 0.2) is 41.3 Å². The van der Waals surface area contributed by atoms with E-state index >= 15 is 0 Å². The highest BCUT2D eigenvalue weighted by Crippen LogP contribution is 2.37. The molecule has 8 nitrogen and oxygen atoms in total. The van der Waals surface area contributed by atoms with E-state index in [1.54, 1.807) is 30.9 Å². The Morgan fingerprint density at radius 2 is 1.87 bits per heavy atom. The van der Waals surface area contributed by atoms with Gasteiger partial charge in [-0.3, -0.25) is 0 Å². The molecule has 1 aromatic carbocycles. The number of rotatable bonds is 6. The molecule has 1 aliphatic heterocycles. The van der Waals surface area contributed by atoms with E-state index in [-0.39, 0.29) is 6.61 Å². The molecule has 1 fully saturated rings. The summed E-state index contributed by atoms with van der Waals surface area (Å²) < 4.78 is 10.8. The normalized spacial score (nSPS) is 26.3. The van der Waals surface area contributed by atoms with Gasteiger partial charge in [0, 0.05) is 23.2 Å². The maximum Gasteiger partial charge on any atom is 0.113 e. The third-order valence-electron chi connectivity index (χ3n) is 5.38. The smallest absolute Gasteiger partial charge is 0.113 e. The van der Waals surface area contributed by atoms with Crippen LogP contribution in [0.3, 0.4) is 0 Å². The van der Waals surface area contributed by atoms with Gasteiger partial charge in [0.05, 0.1) is 35.6 Å². The summed E-state index contributed by atoms with van der Waals surface area (Å²) in [6.07, 6.45) is -1.17. The fourth-order valence-corrected chi connectivity index (χ4v) is 4.85. The largest absolute Gasteiger partial charge is 0.472 e. The van der Waals surface area contributed by atoms with E-state index in [0.29, 0.717) is 28.1 Å². The molecule has 1 saturated heterocycles. The van der Waals surface area contributed by atoms with Crippen LogP contribution < -0.4 is 0 Å². The minimum absolute atomic E-state index is 0.369. The van der Waals surface area contributed by atoms with Crippen LogP contribution in [0.5, 0.6) is 0 Å². The average molecular weight is 468 g/mol. The van der Waals surface area contributed by atoms with Crippen molar-refractivity contribution in [2.75, 3.05) is 6.61 Å². The van der Waals surface area contributed by atoms with Gasteiger partial charge >= 0.3 is 0 Å². The molecule has 1 aliphatic rings. The Morgan fingerprint density at radius 1 is 1.06 bits per heavy atom. The molecule has 0 aliphatic carbocycles. The molecule has 4 rings (SSSR count). The molecule has 0 saturated carbocycles. The number of ether oxygens (including phenoxy) is 1. The first-order valence-electron chi connectivity index (χ1n) is 9.62. The van der Waals surface area contributed by atoms with E-state index in [9.17, 15) is 25.5 Å². The minimum atomic E-state index is -1.52. The van der Waals surface area contributed by atoms with Gasteiger partial charge in [-0.25, -0.2) is 4.98 Å². The first kappa shape index (κ1) is 22.4. The Labute approximate surface area is 187 Å². The zero-order chi connectivity index (χ0) is 22.1. The van der Waals surface area contributed by atoms with E-state index < -0.39 is 37.1 Å². The second-order valence-corrected chi connectivity index (χ2v) is 8.88. The van der Waals surface area contributed by atoms with Gasteiger partial charge in [-0.2, -0.15) is 0 Å². The van der Waals surface area contributed by atoms with E-state index in [4.69, 9.17) is 20.8 Å². The number of thiazole rings is 1. The summed E-state index contributed by atoms with van der Waals surface area (Å²) in [5.74, 6) is 0. The molecular formula is C21H22ClNO7S. The predicted octanol–water partition coefficient (Wildman–Crippen LogP) is 1.65. The van der Waals surface area contributed by atoms with Crippen LogP contribution in [-0.2, 0) is 17.8 Å². The highest BCUT2D eigenvalue weighted by Gasteiger charge is 2.44. The van der Waals surface area contributed by atoms with Crippen LogP contribution in [0.1, 0.15) is 27.8 Å². The third kappa shape index (κ3) is 4.41. The van der Waals surface area contributed by atoms with Gasteiger partial charge in [-0.15, -0.1) is 11.3 Å². The third-order valence-corrected chi connectivity index (χ3v) is 6.78. The second-order valence-electron chi connectivity index (χ2n) is 7.36. The zero-order valence-corrected chi connectivity index (χ0v) is 17.8. The number of aliphatic hydroxyl groups is 5. The number of nitrogens with zero attached hydrogens (tertiary/aromatic N) is 1. The number of hydrogen-bond donors (Lipinski definition) is 5. The topological polar surface area (TPSA) is 136 Å². The maximum absolute atomic E-state index is 10.5. The second kappa shape index (κ2) is 9.35. The quantitative estimate of drug-likeness (QED) is 0.369. The van der Waals surface area contributed by atoms with Crippen molar-refractivity contribution in [3.63, 3.8) is 0 Å².